The second kappa shape index (κ2) is 6.30. The van der Waals surface area contributed by atoms with Gasteiger partial charge in [0.05, 0.1) is 0 Å². The molecule has 0 aromatic carbocycles. The van der Waals surface area contributed by atoms with Gasteiger partial charge in [0, 0.05) is 19.0 Å². The highest BCUT2D eigenvalue weighted by Gasteiger charge is 2.21. The minimum atomic E-state index is -2.17. The third kappa shape index (κ3) is 3.88. The Morgan fingerprint density at radius 1 is 1.36 bits per heavy atom. The van der Waals surface area contributed by atoms with Crippen LogP contribution in [0.4, 0.5) is 8.78 Å². The van der Waals surface area contributed by atoms with Gasteiger partial charge in [-0.15, -0.1) is 0 Å². The fourth-order valence-corrected chi connectivity index (χ4v) is 2.14. The SMILES string of the molecule is NCCC1CCCCN1CCC(F)F. The van der Waals surface area contributed by atoms with Gasteiger partial charge in [0.2, 0.25) is 6.43 Å². The van der Waals surface area contributed by atoms with Crippen molar-refractivity contribution in [3.63, 3.8) is 0 Å². The highest BCUT2D eigenvalue weighted by Crippen LogP contribution is 2.19. The number of alkyl halides is 2. The lowest BCUT2D eigenvalue weighted by Crippen LogP contribution is -2.41. The van der Waals surface area contributed by atoms with E-state index in [2.05, 4.69) is 4.90 Å². The Hall–Kier alpha value is -0.220. The molecule has 0 aliphatic carbocycles. The van der Waals surface area contributed by atoms with E-state index in [9.17, 15) is 8.78 Å². The summed E-state index contributed by atoms with van der Waals surface area (Å²) >= 11 is 0. The highest BCUT2D eigenvalue weighted by atomic mass is 19.3. The lowest BCUT2D eigenvalue weighted by Gasteiger charge is -2.35. The Kier molecular flexibility index (Phi) is 5.33. The number of halogens is 2. The van der Waals surface area contributed by atoms with Crippen LogP contribution >= 0.6 is 0 Å². The molecule has 1 unspecified atom stereocenters. The van der Waals surface area contributed by atoms with Crippen LogP contribution in [0.1, 0.15) is 32.1 Å². The Morgan fingerprint density at radius 3 is 2.79 bits per heavy atom. The number of hydrogen-bond donors (Lipinski definition) is 1. The number of nitrogens with two attached hydrogens (primary N) is 1. The van der Waals surface area contributed by atoms with Gasteiger partial charge >= 0.3 is 0 Å². The molecule has 4 heteroatoms. The van der Waals surface area contributed by atoms with Crippen LogP contribution in [-0.4, -0.2) is 37.0 Å². The van der Waals surface area contributed by atoms with Crippen LogP contribution in [0.5, 0.6) is 0 Å². The van der Waals surface area contributed by atoms with Crippen LogP contribution in [0.25, 0.3) is 0 Å². The summed E-state index contributed by atoms with van der Waals surface area (Å²) in [4.78, 5) is 2.18. The molecule has 1 aliphatic rings. The van der Waals surface area contributed by atoms with E-state index in [0.29, 0.717) is 19.1 Å². The molecule has 2 nitrogen and oxygen atoms in total. The summed E-state index contributed by atoms with van der Waals surface area (Å²) < 4.78 is 24.1. The molecule has 1 heterocycles. The molecule has 1 saturated heterocycles. The van der Waals surface area contributed by atoms with Crippen molar-refractivity contribution < 1.29 is 8.78 Å². The first kappa shape index (κ1) is 11.9. The van der Waals surface area contributed by atoms with Crippen molar-refractivity contribution in [3.05, 3.63) is 0 Å². The molecule has 2 N–H and O–H groups in total. The average molecular weight is 206 g/mol. The number of nitrogens with zero attached hydrogens (tertiary/aromatic N) is 1. The molecule has 0 amide bonds. The van der Waals surface area contributed by atoms with E-state index in [4.69, 9.17) is 5.73 Å². The van der Waals surface area contributed by atoms with Gasteiger partial charge in [-0.05, 0) is 32.4 Å². The first-order valence-electron chi connectivity index (χ1n) is 5.46. The Morgan fingerprint density at radius 2 is 2.14 bits per heavy atom. The van der Waals surface area contributed by atoms with Gasteiger partial charge in [-0.1, -0.05) is 6.42 Å². The third-order valence-electron chi connectivity index (χ3n) is 2.88. The van der Waals surface area contributed by atoms with Gasteiger partial charge in [0.25, 0.3) is 0 Å². The van der Waals surface area contributed by atoms with Crippen LogP contribution in [0.2, 0.25) is 0 Å². The molecular weight excluding hydrogens is 186 g/mol. The van der Waals surface area contributed by atoms with Crippen LogP contribution in [0, 0.1) is 0 Å². The van der Waals surface area contributed by atoms with Gasteiger partial charge < -0.3 is 10.6 Å². The molecule has 0 radical (unpaired) electrons. The number of hydrogen-bond acceptors (Lipinski definition) is 2. The molecule has 0 saturated carbocycles. The zero-order chi connectivity index (χ0) is 10.4. The van der Waals surface area contributed by atoms with Crippen molar-refractivity contribution in [2.45, 2.75) is 44.6 Å². The maximum Gasteiger partial charge on any atom is 0.239 e. The van der Waals surface area contributed by atoms with Gasteiger partial charge in [-0.3, -0.25) is 0 Å². The molecule has 84 valence electrons. The lowest BCUT2D eigenvalue weighted by molar-refractivity contribution is 0.0850. The predicted molar refractivity (Wildman–Crippen MR) is 53.5 cm³/mol. The maximum atomic E-state index is 12.1. The highest BCUT2D eigenvalue weighted by molar-refractivity contribution is 4.77. The number of likely N-dealkylation sites (tertiary alicyclic amines) is 1. The third-order valence-corrected chi connectivity index (χ3v) is 2.88. The fourth-order valence-electron chi connectivity index (χ4n) is 2.14. The Bertz CT molecular complexity index is 151. The molecular formula is C10H20F2N2. The minimum Gasteiger partial charge on any atom is -0.330 e. The Labute approximate surface area is 84.4 Å². The lowest BCUT2D eigenvalue weighted by atomic mass is 9.99. The quantitative estimate of drug-likeness (QED) is 0.743. The van der Waals surface area contributed by atoms with Crippen molar-refractivity contribution in [2.24, 2.45) is 5.73 Å². The fraction of sp³-hybridized carbons (Fsp3) is 1.00. The van der Waals surface area contributed by atoms with Crippen molar-refractivity contribution in [1.29, 1.82) is 0 Å². The van der Waals surface area contributed by atoms with E-state index in [1.165, 1.54) is 6.42 Å². The molecule has 1 atom stereocenters. The van der Waals surface area contributed by atoms with E-state index in [1.807, 2.05) is 0 Å². The van der Waals surface area contributed by atoms with Crippen molar-refractivity contribution >= 4 is 0 Å². The normalized spacial score (nSPS) is 24.4. The summed E-state index contributed by atoms with van der Waals surface area (Å²) in [5.74, 6) is 0. The summed E-state index contributed by atoms with van der Waals surface area (Å²) in [7, 11) is 0. The molecule has 1 aliphatic heterocycles. The minimum absolute atomic E-state index is 0.00106. The van der Waals surface area contributed by atoms with Crippen molar-refractivity contribution in [2.75, 3.05) is 19.6 Å². The standard InChI is InChI=1S/C10H20F2N2/c11-10(12)5-8-14-7-2-1-3-9(14)4-6-13/h9-10H,1-8,13H2. The average Bonchev–Trinajstić information content (AvgIpc) is 2.17. The van der Waals surface area contributed by atoms with Crippen molar-refractivity contribution in [3.8, 4) is 0 Å². The van der Waals surface area contributed by atoms with Crippen LogP contribution < -0.4 is 5.73 Å². The molecule has 1 rings (SSSR count). The second-order valence-corrected chi connectivity index (χ2v) is 3.94. The number of rotatable bonds is 5. The van der Waals surface area contributed by atoms with E-state index < -0.39 is 6.43 Å². The summed E-state index contributed by atoms with van der Waals surface area (Å²) in [6.07, 6.45) is 2.26. The van der Waals surface area contributed by atoms with Gasteiger partial charge in [-0.25, -0.2) is 8.78 Å². The van der Waals surface area contributed by atoms with E-state index >= 15 is 0 Å². The summed E-state index contributed by atoms with van der Waals surface area (Å²) in [5, 5.41) is 0. The summed E-state index contributed by atoms with van der Waals surface area (Å²) in [6, 6.07) is 0.451. The molecule has 0 bridgehead atoms. The largest absolute Gasteiger partial charge is 0.330 e. The predicted octanol–water partition coefficient (Wildman–Crippen LogP) is 1.84. The van der Waals surface area contributed by atoms with E-state index in [0.717, 1.165) is 25.8 Å². The smallest absolute Gasteiger partial charge is 0.239 e. The van der Waals surface area contributed by atoms with Gasteiger partial charge in [-0.2, -0.15) is 0 Å². The molecule has 0 aromatic rings. The molecule has 0 aromatic heterocycles. The molecule has 1 fully saturated rings. The van der Waals surface area contributed by atoms with Crippen LogP contribution in [-0.2, 0) is 0 Å². The van der Waals surface area contributed by atoms with Crippen LogP contribution in [0.15, 0.2) is 0 Å². The van der Waals surface area contributed by atoms with E-state index in [1.54, 1.807) is 0 Å². The Balaban J connectivity index is 2.30. The summed E-state index contributed by atoms with van der Waals surface area (Å²) in [5.41, 5.74) is 5.50. The zero-order valence-corrected chi connectivity index (χ0v) is 8.59. The van der Waals surface area contributed by atoms with Gasteiger partial charge in [0.15, 0.2) is 0 Å². The monoisotopic (exact) mass is 206 g/mol. The number of piperidine rings is 1. The topological polar surface area (TPSA) is 29.3 Å². The molecule has 14 heavy (non-hydrogen) atoms. The van der Waals surface area contributed by atoms with E-state index in [-0.39, 0.29) is 6.42 Å². The first-order valence-corrected chi connectivity index (χ1v) is 5.46. The first-order chi connectivity index (χ1) is 6.74. The van der Waals surface area contributed by atoms with Crippen LogP contribution in [0.3, 0.4) is 0 Å². The zero-order valence-electron chi connectivity index (χ0n) is 8.59. The van der Waals surface area contributed by atoms with Crippen molar-refractivity contribution in [1.82, 2.24) is 4.90 Å². The maximum absolute atomic E-state index is 12.1. The molecule has 0 spiro atoms. The summed E-state index contributed by atoms with van der Waals surface area (Å²) in [6.45, 7) is 2.16. The second-order valence-electron chi connectivity index (χ2n) is 3.94. The van der Waals surface area contributed by atoms with Gasteiger partial charge in [0.1, 0.15) is 0 Å².